The molecule has 1 heterocycles. The number of rotatable bonds is 9. The van der Waals surface area contributed by atoms with Crippen LogP contribution in [0.2, 0.25) is 0 Å². The van der Waals surface area contributed by atoms with Crippen LogP contribution in [0.5, 0.6) is 11.5 Å². The van der Waals surface area contributed by atoms with Gasteiger partial charge in [-0.2, -0.15) is 0 Å². The third-order valence-electron chi connectivity index (χ3n) is 5.63. The molecule has 0 amide bonds. The van der Waals surface area contributed by atoms with Crippen molar-refractivity contribution in [1.82, 2.24) is 9.55 Å². The maximum atomic E-state index is 12.4. The largest absolute Gasteiger partial charge is 0.497 e. The Morgan fingerprint density at radius 3 is 2.47 bits per heavy atom. The second-order valence-electron chi connectivity index (χ2n) is 7.59. The molecule has 1 aromatic heterocycles. The third-order valence-corrected chi connectivity index (χ3v) is 5.63. The van der Waals surface area contributed by atoms with E-state index in [1.165, 1.54) is 5.56 Å². The van der Waals surface area contributed by atoms with Gasteiger partial charge in [-0.1, -0.05) is 42.5 Å². The molecule has 0 spiro atoms. The van der Waals surface area contributed by atoms with Gasteiger partial charge in [0.15, 0.2) is 0 Å². The van der Waals surface area contributed by atoms with Crippen molar-refractivity contribution in [2.45, 2.75) is 25.3 Å². The molecule has 6 nitrogen and oxygen atoms in total. The van der Waals surface area contributed by atoms with Gasteiger partial charge in [0.1, 0.15) is 23.4 Å². The first-order chi connectivity index (χ1) is 15.6. The van der Waals surface area contributed by atoms with E-state index in [9.17, 15) is 9.90 Å². The Balaban J connectivity index is 1.77. The minimum Gasteiger partial charge on any atom is -0.497 e. The number of fused-ring (bicyclic) bond motifs is 1. The highest BCUT2D eigenvalue weighted by Gasteiger charge is 2.27. The summed E-state index contributed by atoms with van der Waals surface area (Å²) in [5, 5.41) is 10.2. The summed E-state index contributed by atoms with van der Waals surface area (Å²) in [7, 11) is 3.18. The highest BCUT2D eigenvalue weighted by atomic mass is 16.5. The number of ether oxygens (including phenoxy) is 2. The molecule has 0 aliphatic carbocycles. The summed E-state index contributed by atoms with van der Waals surface area (Å²) in [6.07, 6.45) is 2.04. The second-order valence-corrected chi connectivity index (χ2v) is 7.59. The van der Waals surface area contributed by atoms with Crippen molar-refractivity contribution in [3.63, 3.8) is 0 Å². The quantitative estimate of drug-likeness (QED) is 0.386. The van der Waals surface area contributed by atoms with E-state index >= 15 is 0 Å². The predicted molar refractivity (Wildman–Crippen MR) is 124 cm³/mol. The van der Waals surface area contributed by atoms with Crippen molar-refractivity contribution >= 4 is 17.0 Å². The van der Waals surface area contributed by atoms with Gasteiger partial charge in [-0.15, -0.1) is 0 Å². The molecular weight excluding hydrogens is 404 g/mol. The van der Waals surface area contributed by atoms with E-state index in [4.69, 9.17) is 14.5 Å². The molecule has 164 valence electrons. The third kappa shape index (κ3) is 4.30. The van der Waals surface area contributed by atoms with Crippen molar-refractivity contribution in [2.75, 3.05) is 14.2 Å². The van der Waals surface area contributed by atoms with Crippen LogP contribution in [0.1, 0.15) is 24.4 Å². The number of imidazole rings is 1. The average Bonchev–Trinajstić information content (AvgIpc) is 3.20. The van der Waals surface area contributed by atoms with E-state index in [1.807, 2.05) is 59.2 Å². The number of carbonyl (C=O) groups is 1. The fourth-order valence-electron chi connectivity index (χ4n) is 4.04. The molecule has 0 saturated carbocycles. The summed E-state index contributed by atoms with van der Waals surface area (Å²) >= 11 is 0. The number of para-hydroxylation sites is 2. The molecule has 1 atom stereocenters. The van der Waals surface area contributed by atoms with Gasteiger partial charge in [0.25, 0.3) is 0 Å². The molecule has 32 heavy (non-hydrogen) atoms. The van der Waals surface area contributed by atoms with Crippen molar-refractivity contribution in [1.29, 1.82) is 0 Å². The number of aryl methyl sites for hydroxylation is 1. The molecule has 3 aromatic carbocycles. The molecule has 1 N–H and O–H groups in total. The fraction of sp³-hybridized carbons (Fsp3) is 0.231. The monoisotopic (exact) mass is 430 g/mol. The zero-order valence-electron chi connectivity index (χ0n) is 18.2. The van der Waals surface area contributed by atoms with Crippen LogP contribution < -0.4 is 9.47 Å². The Morgan fingerprint density at radius 2 is 1.75 bits per heavy atom. The lowest BCUT2D eigenvalue weighted by atomic mass is 10.0. The zero-order valence-corrected chi connectivity index (χ0v) is 18.2. The normalized spacial score (nSPS) is 11.9. The van der Waals surface area contributed by atoms with Crippen LogP contribution in [0.25, 0.3) is 22.4 Å². The number of carboxylic acids is 1. The lowest BCUT2D eigenvalue weighted by Crippen LogP contribution is -2.20. The van der Waals surface area contributed by atoms with Gasteiger partial charge in [-0.05, 0) is 49.1 Å². The number of benzene rings is 3. The maximum Gasteiger partial charge on any atom is 0.326 e. The Kier molecular flexibility index (Phi) is 6.40. The Hall–Kier alpha value is -3.80. The summed E-state index contributed by atoms with van der Waals surface area (Å²) in [4.78, 5) is 17.2. The van der Waals surface area contributed by atoms with E-state index in [0.29, 0.717) is 23.7 Å². The summed E-state index contributed by atoms with van der Waals surface area (Å²) < 4.78 is 12.7. The molecule has 0 bridgehead atoms. The van der Waals surface area contributed by atoms with Gasteiger partial charge in [0.2, 0.25) is 0 Å². The Morgan fingerprint density at radius 1 is 1.00 bits per heavy atom. The minimum absolute atomic E-state index is 0.482. The van der Waals surface area contributed by atoms with Crippen LogP contribution in [-0.4, -0.2) is 34.8 Å². The van der Waals surface area contributed by atoms with Gasteiger partial charge in [0, 0.05) is 6.07 Å². The first kappa shape index (κ1) is 21.4. The molecule has 6 heteroatoms. The van der Waals surface area contributed by atoms with Gasteiger partial charge in [-0.3, -0.25) is 0 Å². The summed E-state index contributed by atoms with van der Waals surface area (Å²) in [6.45, 7) is 0. The van der Waals surface area contributed by atoms with E-state index in [1.54, 1.807) is 20.3 Å². The number of aromatic nitrogens is 2. The molecule has 4 rings (SSSR count). The standard InChI is InChI=1S/C26H26N2O4/c1-31-19-15-16-20(24(17-19)32-2)25-27-21-12-6-7-13-22(21)28(25)23(26(29)30)14-8-11-18-9-4-3-5-10-18/h3-7,9-10,12-13,15-17,23H,8,11,14H2,1-2H3,(H,29,30). The first-order valence-electron chi connectivity index (χ1n) is 10.6. The number of hydrogen-bond donors (Lipinski definition) is 1. The average molecular weight is 431 g/mol. The van der Waals surface area contributed by atoms with E-state index in [-0.39, 0.29) is 0 Å². The van der Waals surface area contributed by atoms with Crippen molar-refractivity contribution in [2.24, 2.45) is 0 Å². The van der Waals surface area contributed by atoms with Crippen LogP contribution >= 0.6 is 0 Å². The van der Waals surface area contributed by atoms with Crippen molar-refractivity contribution in [3.8, 4) is 22.9 Å². The smallest absolute Gasteiger partial charge is 0.326 e. The first-order valence-corrected chi connectivity index (χ1v) is 10.6. The number of carboxylic acid groups (broad SMARTS) is 1. The lowest BCUT2D eigenvalue weighted by Gasteiger charge is -2.19. The number of hydrogen-bond acceptors (Lipinski definition) is 4. The Bertz CT molecular complexity index is 1220. The topological polar surface area (TPSA) is 73.6 Å². The van der Waals surface area contributed by atoms with Crippen LogP contribution in [0.4, 0.5) is 0 Å². The van der Waals surface area contributed by atoms with E-state index in [2.05, 4.69) is 12.1 Å². The van der Waals surface area contributed by atoms with E-state index < -0.39 is 12.0 Å². The molecule has 0 aliphatic heterocycles. The highest BCUT2D eigenvalue weighted by Crippen LogP contribution is 2.37. The van der Waals surface area contributed by atoms with Crippen molar-refractivity contribution < 1.29 is 19.4 Å². The number of aliphatic carboxylic acids is 1. The fourth-order valence-corrected chi connectivity index (χ4v) is 4.04. The molecule has 0 aliphatic rings. The van der Waals surface area contributed by atoms with Crippen LogP contribution in [-0.2, 0) is 11.2 Å². The zero-order chi connectivity index (χ0) is 22.5. The second kappa shape index (κ2) is 9.56. The summed E-state index contributed by atoms with van der Waals surface area (Å²) in [5.41, 5.74) is 3.45. The van der Waals surface area contributed by atoms with Gasteiger partial charge >= 0.3 is 5.97 Å². The minimum atomic E-state index is -0.880. The molecule has 4 aromatic rings. The van der Waals surface area contributed by atoms with Crippen molar-refractivity contribution in [3.05, 3.63) is 78.4 Å². The van der Waals surface area contributed by atoms with Crippen LogP contribution in [0.3, 0.4) is 0 Å². The molecule has 0 fully saturated rings. The number of nitrogens with zero attached hydrogens (tertiary/aromatic N) is 2. The van der Waals surface area contributed by atoms with Gasteiger partial charge in [-0.25, -0.2) is 9.78 Å². The lowest BCUT2D eigenvalue weighted by molar-refractivity contribution is -0.141. The molecular formula is C26H26N2O4. The molecule has 0 radical (unpaired) electrons. The predicted octanol–water partition coefficient (Wildman–Crippen LogP) is 5.37. The molecule has 0 saturated heterocycles. The summed E-state index contributed by atoms with van der Waals surface area (Å²) in [6, 6.07) is 22.4. The SMILES string of the molecule is COc1ccc(-c2nc3ccccc3n2C(CCCc2ccccc2)C(=O)O)c(OC)c1. The molecule has 1 unspecified atom stereocenters. The summed E-state index contributed by atoms with van der Waals surface area (Å²) in [5.74, 6) is 0.924. The van der Waals surface area contributed by atoms with Gasteiger partial charge < -0.3 is 19.1 Å². The Labute approximate surface area is 187 Å². The highest BCUT2D eigenvalue weighted by molar-refractivity contribution is 5.85. The van der Waals surface area contributed by atoms with Crippen LogP contribution in [0.15, 0.2) is 72.8 Å². The van der Waals surface area contributed by atoms with E-state index in [0.717, 1.165) is 29.4 Å². The number of methoxy groups -OCH3 is 2. The van der Waals surface area contributed by atoms with Gasteiger partial charge in [0.05, 0.1) is 30.8 Å². The van der Waals surface area contributed by atoms with Crippen LogP contribution in [0, 0.1) is 0 Å². The maximum absolute atomic E-state index is 12.4.